The van der Waals surface area contributed by atoms with Crippen LogP contribution in [0.1, 0.15) is 24.4 Å². The van der Waals surface area contributed by atoms with Crippen LogP contribution in [0.3, 0.4) is 0 Å². The van der Waals surface area contributed by atoms with Gasteiger partial charge < -0.3 is 14.7 Å². The molecular formula is C17H22ClN3O4. The van der Waals surface area contributed by atoms with Gasteiger partial charge in [-0.05, 0) is 24.5 Å². The first-order valence-corrected chi connectivity index (χ1v) is 8.61. The lowest BCUT2D eigenvalue weighted by Gasteiger charge is -2.25. The molecule has 1 aromatic rings. The van der Waals surface area contributed by atoms with Gasteiger partial charge in [-0.1, -0.05) is 29.8 Å². The number of hydrazine groups is 1. The predicted octanol–water partition coefficient (Wildman–Crippen LogP) is 1.20. The number of methoxy groups -OCH3 is 1. The minimum Gasteiger partial charge on any atom is -0.481 e. The normalized spacial score (nSPS) is 29.1. The highest BCUT2D eigenvalue weighted by Gasteiger charge is 2.48. The summed E-state index contributed by atoms with van der Waals surface area (Å²) < 4.78 is 5.07. The number of aliphatic carboxylic acids is 1. The number of hydrogen-bond acceptors (Lipinski definition) is 5. The molecule has 0 spiro atoms. The van der Waals surface area contributed by atoms with Crippen LogP contribution in [0, 0.1) is 5.41 Å². The molecule has 136 valence electrons. The maximum Gasteiger partial charge on any atom is 0.313 e. The Kier molecular flexibility index (Phi) is 5.29. The maximum atomic E-state index is 12.8. The van der Waals surface area contributed by atoms with Crippen molar-refractivity contribution in [1.29, 1.82) is 0 Å². The third-order valence-electron chi connectivity index (χ3n) is 5.02. The minimum atomic E-state index is -1.02. The van der Waals surface area contributed by atoms with Crippen LogP contribution < -0.4 is 10.9 Å². The number of rotatable bonds is 5. The Labute approximate surface area is 151 Å². The molecule has 7 nitrogen and oxygen atoms in total. The Hall–Kier alpha value is -1.67. The Balaban J connectivity index is 1.65. The molecule has 2 fully saturated rings. The second-order valence-electron chi connectivity index (χ2n) is 6.68. The van der Waals surface area contributed by atoms with Crippen molar-refractivity contribution in [3.8, 4) is 0 Å². The first-order valence-electron chi connectivity index (χ1n) is 8.23. The van der Waals surface area contributed by atoms with Gasteiger partial charge in [-0.25, -0.2) is 10.9 Å². The van der Waals surface area contributed by atoms with Crippen molar-refractivity contribution >= 4 is 23.5 Å². The second kappa shape index (κ2) is 7.29. The van der Waals surface area contributed by atoms with E-state index in [1.165, 1.54) is 7.11 Å². The fraction of sp³-hybridized carbons (Fsp3) is 0.529. The first-order chi connectivity index (χ1) is 12.0. The Morgan fingerprint density at radius 3 is 2.84 bits per heavy atom. The van der Waals surface area contributed by atoms with Gasteiger partial charge in [0.2, 0.25) is 5.91 Å². The quantitative estimate of drug-likeness (QED) is 0.724. The average molecular weight is 368 g/mol. The number of ether oxygens (including phenoxy) is 1. The molecule has 1 aromatic carbocycles. The number of carbonyl (C=O) groups excluding carboxylic acids is 1. The summed E-state index contributed by atoms with van der Waals surface area (Å²) in [5.41, 5.74) is 6.06. The highest BCUT2D eigenvalue weighted by molar-refractivity contribution is 6.31. The van der Waals surface area contributed by atoms with Crippen molar-refractivity contribution in [3.63, 3.8) is 0 Å². The summed E-state index contributed by atoms with van der Waals surface area (Å²) in [6.45, 7) is 0.693. The summed E-state index contributed by atoms with van der Waals surface area (Å²) in [5, 5.41) is 10.2. The highest BCUT2D eigenvalue weighted by Crippen LogP contribution is 2.33. The molecule has 0 aromatic heterocycles. The van der Waals surface area contributed by atoms with Gasteiger partial charge in [-0.3, -0.25) is 9.59 Å². The average Bonchev–Trinajstić information content (AvgIpc) is 3.23. The van der Waals surface area contributed by atoms with E-state index in [0.29, 0.717) is 24.4 Å². The fourth-order valence-electron chi connectivity index (χ4n) is 3.59. The lowest BCUT2D eigenvalue weighted by atomic mass is 9.88. The van der Waals surface area contributed by atoms with Crippen LogP contribution in [0.2, 0.25) is 5.02 Å². The van der Waals surface area contributed by atoms with Gasteiger partial charge >= 0.3 is 5.97 Å². The van der Waals surface area contributed by atoms with E-state index in [4.69, 9.17) is 16.3 Å². The van der Waals surface area contributed by atoms with Crippen molar-refractivity contribution < 1.29 is 19.4 Å². The summed E-state index contributed by atoms with van der Waals surface area (Å²) in [5.74, 6) is -1.02. The molecular weight excluding hydrogens is 346 g/mol. The second-order valence-corrected chi connectivity index (χ2v) is 7.09. The van der Waals surface area contributed by atoms with Crippen molar-refractivity contribution in [1.82, 2.24) is 15.8 Å². The first kappa shape index (κ1) is 18.1. The van der Waals surface area contributed by atoms with Gasteiger partial charge in [0.05, 0.1) is 6.61 Å². The molecule has 2 aliphatic heterocycles. The molecule has 2 saturated heterocycles. The molecule has 3 atom stereocenters. The summed E-state index contributed by atoms with van der Waals surface area (Å²) in [6.07, 6.45) is 0.958. The molecule has 3 N–H and O–H groups in total. The molecule has 2 heterocycles. The van der Waals surface area contributed by atoms with Crippen LogP contribution in [0.25, 0.3) is 0 Å². The number of amides is 1. The summed E-state index contributed by atoms with van der Waals surface area (Å²) >= 11 is 6.22. The fourth-order valence-corrected chi connectivity index (χ4v) is 3.86. The Bertz CT molecular complexity index is 671. The molecule has 25 heavy (non-hydrogen) atoms. The smallest absolute Gasteiger partial charge is 0.313 e. The molecule has 0 bridgehead atoms. The number of carboxylic acids is 1. The highest BCUT2D eigenvalue weighted by atomic mass is 35.5. The lowest BCUT2D eigenvalue weighted by Crippen LogP contribution is -2.47. The van der Waals surface area contributed by atoms with Crippen LogP contribution in [0.4, 0.5) is 0 Å². The number of nitrogens with one attached hydrogen (secondary N) is 2. The van der Waals surface area contributed by atoms with E-state index in [1.807, 2.05) is 24.3 Å². The number of hydrogen-bond donors (Lipinski definition) is 3. The van der Waals surface area contributed by atoms with Gasteiger partial charge in [-0.2, -0.15) is 0 Å². The zero-order valence-electron chi connectivity index (χ0n) is 14.0. The van der Waals surface area contributed by atoms with Crippen molar-refractivity contribution in [3.05, 3.63) is 34.9 Å². The van der Waals surface area contributed by atoms with E-state index >= 15 is 0 Å². The van der Waals surface area contributed by atoms with Crippen LogP contribution in [-0.2, 0) is 14.3 Å². The molecule has 0 radical (unpaired) electrons. The maximum absolute atomic E-state index is 12.8. The monoisotopic (exact) mass is 367 g/mol. The van der Waals surface area contributed by atoms with E-state index < -0.39 is 17.4 Å². The number of carbonyl (C=O) groups is 2. The van der Waals surface area contributed by atoms with Crippen LogP contribution >= 0.6 is 11.6 Å². The predicted molar refractivity (Wildman–Crippen MR) is 92.0 cm³/mol. The molecule has 1 amide bonds. The van der Waals surface area contributed by atoms with E-state index in [2.05, 4.69) is 10.9 Å². The summed E-state index contributed by atoms with van der Waals surface area (Å²) in [7, 11) is 1.48. The van der Waals surface area contributed by atoms with Crippen molar-refractivity contribution in [2.75, 3.05) is 26.8 Å². The standard InChI is InChI=1S/C17H22ClN3O4/c1-25-10-17(16(23)24)6-7-21(9-17)15(22)14-8-13(19-20-14)11-4-2-3-5-12(11)18/h2-5,13-14,19-20H,6-10H2,1H3,(H,23,24). The molecule has 3 unspecified atom stereocenters. The number of benzene rings is 1. The number of likely N-dealkylation sites (tertiary alicyclic amines) is 1. The number of halogens is 1. The van der Waals surface area contributed by atoms with Crippen LogP contribution in [-0.4, -0.2) is 54.7 Å². The van der Waals surface area contributed by atoms with Crippen molar-refractivity contribution in [2.24, 2.45) is 5.41 Å². The zero-order valence-corrected chi connectivity index (χ0v) is 14.8. The molecule has 3 rings (SSSR count). The number of carboxylic acid groups (broad SMARTS) is 1. The van der Waals surface area contributed by atoms with Gasteiger partial charge in [0.25, 0.3) is 0 Å². The molecule has 2 aliphatic rings. The van der Waals surface area contributed by atoms with Crippen LogP contribution in [0.5, 0.6) is 0 Å². The largest absolute Gasteiger partial charge is 0.481 e. The van der Waals surface area contributed by atoms with Gasteiger partial charge in [0.15, 0.2) is 0 Å². The topological polar surface area (TPSA) is 90.9 Å². The van der Waals surface area contributed by atoms with E-state index in [1.54, 1.807) is 4.90 Å². The third kappa shape index (κ3) is 3.50. The summed E-state index contributed by atoms with van der Waals surface area (Å²) in [4.78, 5) is 26.0. The SMILES string of the molecule is COCC1(C(=O)O)CCN(C(=O)C2CC(c3ccccc3Cl)NN2)C1. The number of nitrogens with zero attached hydrogens (tertiary/aromatic N) is 1. The van der Waals surface area contributed by atoms with E-state index in [-0.39, 0.29) is 25.1 Å². The Morgan fingerprint density at radius 1 is 1.40 bits per heavy atom. The molecule has 0 saturated carbocycles. The Morgan fingerprint density at radius 2 is 2.16 bits per heavy atom. The van der Waals surface area contributed by atoms with Gasteiger partial charge in [0, 0.05) is 31.3 Å². The van der Waals surface area contributed by atoms with Gasteiger partial charge in [-0.15, -0.1) is 0 Å². The zero-order chi connectivity index (χ0) is 18.0. The van der Waals surface area contributed by atoms with Crippen molar-refractivity contribution in [2.45, 2.75) is 24.9 Å². The van der Waals surface area contributed by atoms with Crippen LogP contribution in [0.15, 0.2) is 24.3 Å². The summed E-state index contributed by atoms with van der Waals surface area (Å²) in [6, 6.07) is 7.05. The van der Waals surface area contributed by atoms with Gasteiger partial charge in [0.1, 0.15) is 11.5 Å². The lowest BCUT2D eigenvalue weighted by molar-refractivity contribution is -0.151. The third-order valence-corrected chi connectivity index (χ3v) is 5.37. The van der Waals surface area contributed by atoms with E-state index in [0.717, 1.165) is 5.56 Å². The minimum absolute atomic E-state index is 0.0616. The van der Waals surface area contributed by atoms with E-state index in [9.17, 15) is 14.7 Å². The molecule has 0 aliphatic carbocycles. The molecule has 8 heteroatoms.